The standard InChI is InChI=1S/C60H41NOS/c1-59(2)48-36-35-42(37-47(48)58-56(59)46-22-10-14-30-54(46)63-58)61(40-19-7-4-8-20-40)41-33-31-39(32-34-41)43-23-15-27-51-55(43)45-21-9-11-25-49(45)60(51)50-26-12-13-29-53(50)62-57-44(24-16-28-52(57)60)38-17-5-3-6-18-38/h3-37H,1-2H3. The van der Waals surface area contributed by atoms with Crippen molar-refractivity contribution in [2.75, 3.05) is 4.90 Å². The van der Waals surface area contributed by atoms with Crippen molar-refractivity contribution in [3.63, 3.8) is 0 Å². The van der Waals surface area contributed by atoms with Crippen molar-refractivity contribution in [3.05, 3.63) is 246 Å². The van der Waals surface area contributed by atoms with Crippen LogP contribution in [-0.4, -0.2) is 0 Å². The zero-order chi connectivity index (χ0) is 41.9. The van der Waals surface area contributed by atoms with Crippen LogP contribution in [0, 0.1) is 0 Å². The Morgan fingerprint density at radius 2 is 1.03 bits per heavy atom. The maximum absolute atomic E-state index is 6.96. The molecule has 63 heavy (non-hydrogen) atoms. The van der Waals surface area contributed by atoms with Crippen molar-refractivity contribution in [1.29, 1.82) is 0 Å². The van der Waals surface area contributed by atoms with E-state index in [1.165, 1.54) is 76.2 Å². The molecule has 9 aromatic carbocycles. The van der Waals surface area contributed by atoms with Gasteiger partial charge >= 0.3 is 0 Å². The first-order chi connectivity index (χ1) is 31.0. The summed E-state index contributed by atoms with van der Waals surface area (Å²) in [5, 5.41) is 1.37. The third-order valence-electron chi connectivity index (χ3n) is 13.9. The average Bonchev–Trinajstić information content (AvgIpc) is 3.95. The van der Waals surface area contributed by atoms with Gasteiger partial charge in [0.2, 0.25) is 0 Å². The summed E-state index contributed by atoms with van der Waals surface area (Å²) >= 11 is 1.92. The molecule has 0 radical (unpaired) electrons. The monoisotopic (exact) mass is 823 g/mol. The van der Waals surface area contributed by atoms with Crippen molar-refractivity contribution >= 4 is 38.5 Å². The largest absolute Gasteiger partial charge is 0.456 e. The minimum absolute atomic E-state index is 0.0752. The Morgan fingerprint density at radius 1 is 0.429 bits per heavy atom. The molecule has 2 aliphatic carbocycles. The van der Waals surface area contributed by atoms with Crippen LogP contribution in [0.25, 0.3) is 53.9 Å². The van der Waals surface area contributed by atoms with Crippen LogP contribution in [0.15, 0.2) is 212 Å². The molecule has 0 saturated heterocycles. The third-order valence-corrected chi connectivity index (χ3v) is 15.1. The van der Waals surface area contributed by atoms with E-state index in [1.807, 2.05) is 11.3 Å². The van der Waals surface area contributed by atoms with E-state index < -0.39 is 5.41 Å². The maximum Gasteiger partial charge on any atom is 0.140 e. The number of nitrogens with zero attached hydrogens (tertiary/aromatic N) is 1. The van der Waals surface area contributed by atoms with E-state index in [4.69, 9.17) is 4.74 Å². The number of anilines is 3. The van der Waals surface area contributed by atoms with E-state index in [0.29, 0.717) is 0 Å². The fraction of sp³-hybridized carbons (Fsp3) is 0.0667. The second-order valence-corrected chi connectivity index (χ2v) is 18.6. The Balaban J connectivity index is 0.969. The predicted molar refractivity (Wildman–Crippen MR) is 262 cm³/mol. The van der Waals surface area contributed by atoms with E-state index in [1.54, 1.807) is 0 Å². The molecular formula is C60H41NOS. The number of thiophene rings is 1. The summed E-state index contributed by atoms with van der Waals surface area (Å²) in [6.07, 6.45) is 0. The first-order valence-electron chi connectivity index (χ1n) is 21.8. The molecule has 1 aromatic heterocycles. The Morgan fingerprint density at radius 3 is 1.86 bits per heavy atom. The van der Waals surface area contributed by atoms with Crippen LogP contribution in [0.2, 0.25) is 0 Å². The summed E-state index contributed by atoms with van der Waals surface area (Å²) < 4.78 is 8.32. The lowest BCUT2D eigenvalue weighted by Gasteiger charge is -2.40. The van der Waals surface area contributed by atoms with E-state index in [0.717, 1.165) is 39.7 Å². The van der Waals surface area contributed by atoms with Gasteiger partial charge in [0.25, 0.3) is 0 Å². The highest BCUT2D eigenvalue weighted by molar-refractivity contribution is 7.22. The van der Waals surface area contributed by atoms with E-state index >= 15 is 0 Å². The molecule has 2 nitrogen and oxygen atoms in total. The highest BCUT2D eigenvalue weighted by Crippen LogP contribution is 2.64. The highest BCUT2D eigenvalue weighted by atomic mass is 32.1. The summed E-state index contributed by atoms with van der Waals surface area (Å²) in [7, 11) is 0. The molecule has 0 N–H and O–H groups in total. The summed E-state index contributed by atoms with van der Waals surface area (Å²) in [5.41, 5.74) is 19.0. The van der Waals surface area contributed by atoms with Crippen molar-refractivity contribution in [2.45, 2.75) is 24.7 Å². The number of ether oxygens (including phenoxy) is 1. The number of hydrogen-bond acceptors (Lipinski definition) is 3. The lowest BCUT2D eigenvalue weighted by atomic mass is 9.65. The first kappa shape index (κ1) is 36.2. The molecule has 0 amide bonds. The number of para-hydroxylation sites is 3. The molecule has 1 aliphatic heterocycles. The van der Waals surface area contributed by atoms with Crippen LogP contribution in [0.3, 0.4) is 0 Å². The van der Waals surface area contributed by atoms with Gasteiger partial charge in [0.15, 0.2) is 0 Å². The molecular weight excluding hydrogens is 783 g/mol. The zero-order valence-corrected chi connectivity index (χ0v) is 35.8. The topological polar surface area (TPSA) is 12.5 Å². The van der Waals surface area contributed by atoms with E-state index in [2.05, 4.69) is 231 Å². The van der Waals surface area contributed by atoms with Crippen LogP contribution >= 0.6 is 11.3 Å². The third kappa shape index (κ3) is 5.06. The number of benzene rings is 9. The van der Waals surface area contributed by atoms with Crippen LogP contribution in [0.1, 0.15) is 47.2 Å². The summed E-state index contributed by atoms with van der Waals surface area (Å²) in [4.78, 5) is 3.80. The first-order valence-corrected chi connectivity index (χ1v) is 22.7. The van der Waals surface area contributed by atoms with Gasteiger partial charge in [-0.15, -0.1) is 11.3 Å². The molecule has 13 rings (SSSR count). The molecule has 3 heteroatoms. The Bertz CT molecular complexity index is 3460. The molecule has 3 aliphatic rings. The van der Waals surface area contributed by atoms with E-state index in [-0.39, 0.29) is 5.41 Å². The molecule has 1 atom stereocenters. The summed E-state index contributed by atoms with van der Waals surface area (Å²) in [5.74, 6) is 1.81. The van der Waals surface area contributed by atoms with Gasteiger partial charge in [0.05, 0.1) is 5.41 Å². The van der Waals surface area contributed by atoms with Gasteiger partial charge in [0, 0.05) is 48.7 Å². The fourth-order valence-corrected chi connectivity index (χ4v) is 12.7. The average molecular weight is 824 g/mol. The second-order valence-electron chi connectivity index (χ2n) is 17.5. The second kappa shape index (κ2) is 13.5. The van der Waals surface area contributed by atoms with Crippen molar-refractivity contribution < 1.29 is 4.74 Å². The number of rotatable bonds is 5. The molecule has 0 bridgehead atoms. The smallest absolute Gasteiger partial charge is 0.140 e. The van der Waals surface area contributed by atoms with Gasteiger partial charge in [-0.1, -0.05) is 178 Å². The van der Waals surface area contributed by atoms with Crippen molar-refractivity contribution in [1.82, 2.24) is 0 Å². The lowest BCUT2D eigenvalue weighted by Crippen LogP contribution is -2.32. The highest BCUT2D eigenvalue weighted by Gasteiger charge is 2.52. The van der Waals surface area contributed by atoms with E-state index in [9.17, 15) is 0 Å². The Labute approximate surface area is 372 Å². The minimum atomic E-state index is -0.572. The van der Waals surface area contributed by atoms with Gasteiger partial charge in [0.1, 0.15) is 11.5 Å². The van der Waals surface area contributed by atoms with Crippen LogP contribution in [0.4, 0.5) is 17.1 Å². The van der Waals surface area contributed by atoms with Gasteiger partial charge < -0.3 is 9.64 Å². The molecule has 10 aromatic rings. The fourth-order valence-electron chi connectivity index (χ4n) is 11.3. The van der Waals surface area contributed by atoms with Gasteiger partial charge in [-0.05, 0) is 110 Å². The van der Waals surface area contributed by atoms with Gasteiger partial charge in [-0.25, -0.2) is 0 Å². The summed E-state index contributed by atoms with van der Waals surface area (Å²) in [6.45, 7) is 4.76. The Hall–Kier alpha value is -7.46. The summed E-state index contributed by atoms with van der Waals surface area (Å²) in [6, 6.07) is 77.9. The van der Waals surface area contributed by atoms with Crippen LogP contribution < -0.4 is 9.64 Å². The van der Waals surface area contributed by atoms with Crippen LogP contribution in [-0.2, 0) is 10.8 Å². The lowest BCUT2D eigenvalue weighted by molar-refractivity contribution is 0.438. The van der Waals surface area contributed by atoms with Gasteiger partial charge in [-0.3, -0.25) is 0 Å². The van der Waals surface area contributed by atoms with Gasteiger partial charge in [-0.2, -0.15) is 0 Å². The maximum atomic E-state index is 6.96. The molecule has 298 valence electrons. The molecule has 0 saturated carbocycles. The normalized spacial score (nSPS) is 15.8. The molecule has 0 fully saturated rings. The molecule has 1 spiro atoms. The Kier molecular flexibility index (Phi) is 7.77. The quantitative estimate of drug-likeness (QED) is 0.171. The van der Waals surface area contributed by atoms with Crippen LogP contribution in [0.5, 0.6) is 11.5 Å². The van der Waals surface area contributed by atoms with Crippen molar-refractivity contribution in [3.8, 4) is 55.3 Å². The zero-order valence-electron chi connectivity index (χ0n) is 35.0. The predicted octanol–water partition coefficient (Wildman–Crippen LogP) is 16.5. The minimum Gasteiger partial charge on any atom is -0.456 e. The molecule has 2 heterocycles. The number of hydrogen-bond donors (Lipinski definition) is 0. The SMILES string of the molecule is CC1(C)c2ccc(N(c3ccccc3)c3ccc(-c4cccc5c4-c4ccccc4C54c5ccccc5Oc5c(-c6ccccc6)cccc54)cc3)cc2-c2sc3ccccc3c21. The number of fused-ring (bicyclic) bond motifs is 14. The van der Waals surface area contributed by atoms with Crippen molar-refractivity contribution in [2.24, 2.45) is 0 Å². The molecule has 1 unspecified atom stereocenters.